The van der Waals surface area contributed by atoms with E-state index in [1.54, 1.807) is 4.68 Å². The molecule has 3 rings (SSSR count). The van der Waals surface area contributed by atoms with Crippen LogP contribution in [0.2, 0.25) is 0 Å². The molecule has 7 heteroatoms. The maximum Gasteiger partial charge on any atom is 0.429 e. The molecular formula is C18H18N4O3. The van der Waals surface area contributed by atoms with Gasteiger partial charge in [-0.1, -0.05) is 24.1 Å². The van der Waals surface area contributed by atoms with Gasteiger partial charge in [-0.25, -0.2) is 19.5 Å². The molecule has 1 saturated heterocycles. The Morgan fingerprint density at radius 3 is 2.68 bits per heavy atom. The first-order chi connectivity index (χ1) is 12.1. The molecule has 0 aliphatic carbocycles. The third-order valence-corrected chi connectivity index (χ3v) is 4.00. The van der Waals surface area contributed by atoms with Gasteiger partial charge in [0.05, 0.1) is 23.1 Å². The summed E-state index contributed by atoms with van der Waals surface area (Å²) in [5.41, 5.74) is 2.02. The highest BCUT2D eigenvalue weighted by Gasteiger charge is 2.33. The summed E-state index contributed by atoms with van der Waals surface area (Å²) in [7, 11) is 0. The summed E-state index contributed by atoms with van der Waals surface area (Å²) in [5, 5.41) is 6.98. The lowest BCUT2D eigenvalue weighted by Crippen LogP contribution is -2.45. The fraction of sp³-hybridized carbons (Fsp3) is 0.278. The maximum absolute atomic E-state index is 12.9. The van der Waals surface area contributed by atoms with E-state index in [4.69, 9.17) is 11.2 Å². The number of hydrogen-bond acceptors (Lipinski definition) is 4. The summed E-state index contributed by atoms with van der Waals surface area (Å²) in [5.74, 6) is 1.96. The predicted molar refractivity (Wildman–Crippen MR) is 90.8 cm³/mol. The van der Waals surface area contributed by atoms with Crippen molar-refractivity contribution in [3.63, 3.8) is 0 Å². The Balaban J connectivity index is 1.83. The van der Waals surface area contributed by atoms with Crippen LogP contribution in [0.1, 0.15) is 22.5 Å². The van der Waals surface area contributed by atoms with E-state index in [1.807, 2.05) is 37.3 Å². The van der Waals surface area contributed by atoms with Gasteiger partial charge in [0.2, 0.25) is 0 Å². The van der Waals surface area contributed by atoms with Gasteiger partial charge in [0.1, 0.15) is 0 Å². The second-order valence-electron chi connectivity index (χ2n) is 5.55. The Morgan fingerprint density at radius 1 is 1.24 bits per heavy atom. The van der Waals surface area contributed by atoms with E-state index >= 15 is 0 Å². The molecule has 0 atom stereocenters. The maximum atomic E-state index is 12.9. The van der Waals surface area contributed by atoms with E-state index < -0.39 is 6.09 Å². The average Bonchev–Trinajstić information content (AvgIpc) is 3.27. The van der Waals surface area contributed by atoms with E-state index in [1.165, 1.54) is 16.2 Å². The number of hydrazine groups is 1. The van der Waals surface area contributed by atoms with Crippen molar-refractivity contribution in [2.24, 2.45) is 0 Å². The highest BCUT2D eigenvalue weighted by molar-refractivity contribution is 5.96. The van der Waals surface area contributed by atoms with Gasteiger partial charge < -0.3 is 4.74 Å². The van der Waals surface area contributed by atoms with Gasteiger partial charge in [-0.2, -0.15) is 5.10 Å². The number of carbonyl (C=O) groups excluding carboxylic acids is 2. The summed E-state index contributed by atoms with van der Waals surface area (Å²) in [6.07, 6.45) is 6.69. The number of rotatable bonds is 3. The predicted octanol–water partition coefficient (Wildman–Crippen LogP) is 2.01. The quantitative estimate of drug-likeness (QED) is 0.803. The summed E-state index contributed by atoms with van der Waals surface area (Å²) < 4.78 is 6.63. The van der Waals surface area contributed by atoms with Crippen LogP contribution in [0.4, 0.5) is 4.79 Å². The van der Waals surface area contributed by atoms with Crippen LogP contribution in [-0.4, -0.2) is 51.5 Å². The summed E-state index contributed by atoms with van der Waals surface area (Å²) in [4.78, 5) is 24.9. The van der Waals surface area contributed by atoms with Crippen LogP contribution in [0.5, 0.6) is 0 Å². The minimum atomic E-state index is -0.614. The first kappa shape index (κ1) is 16.6. The van der Waals surface area contributed by atoms with Crippen molar-refractivity contribution < 1.29 is 14.3 Å². The van der Waals surface area contributed by atoms with Crippen molar-refractivity contribution in [1.82, 2.24) is 19.8 Å². The van der Waals surface area contributed by atoms with E-state index in [9.17, 15) is 9.59 Å². The first-order valence-electron chi connectivity index (χ1n) is 7.93. The van der Waals surface area contributed by atoms with Crippen molar-refractivity contribution in [2.75, 3.05) is 19.7 Å². The van der Waals surface area contributed by atoms with Crippen molar-refractivity contribution >= 4 is 12.0 Å². The molecule has 2 aromatic rings. The van der Waals surface area contributed by atoms with Crippen molar-refractivity contribution in [3.8, 4) is 18.0 Å². The van der Waals surface area contributed by atoms with Crippen LogP contribution in [0, 0.1) is 19.3 Å². The molecule has 7 nitrogen and oxygen atoms in total. The van der Waals surface area contributed by atoms with E-state index in [2.05, 4.69) is 11.0 Å². The zero-order chi connectivity index (χ0) is 17.8. The molecule has 2 amide bonds. The first-order valence-corrected chi connectivity index (χ1v) is 7.93. The third kappa shape index (κ3) is 3.19. The molecule has 1 aliphatic rings. The van der Waals surface area contributed by atoms with Crippen LogP contribution in [0.25, 0.3) is 5.69 Å². The van der Waals surface area contributed by atoms with E-state index in [0.717, 1.165) is 5.69 Å². The van der Waals surface area contributed by atoms with Gasteiger partial charge >= 0.3 is 6.09 Å². The number of ether oxygens (including phenoxy) is 1. The third-order valence-electron chi connectivity index (χ3n) is 4.00. The molecule has 128 valence electrons. The number of benzene rings is 1. The largest absolute Gasteiger partial charge is 0.435 e. The Bertz CT molecular complexity index is 823. The highest BCUT2D eigenvalue weighted by Crippen LogP contribution is 2.20. The van der Waals surface area contributed by atoms with Gasteiger partial charge in [-0.05, 0) is 25.5 Å². The second kappa shape index (κ2) is 7.09. The summed E-state index contributed by atoms with van der Waals surface area (Å²) in [6.45, 7) is 2.56. The Kier molecular flexibility index (Phi) is 4.70. The van der Waals surface area contributed by atoms with Gasteiger partial charge in [-0.15, -0.1) is 6.42 Å². The van der Waals surface area contributed by atoms with Gasteiger partial charge in [0, 0.05) is 13.1 Å². The number of nitrogens with zero attached hydrogens (tertiary/aromatic N) is 4. The molecule has 1 aromatic heterocycles. The highest BCUT2D eigenvalue weighted by atomic mass is 16.6. The normalized spacial score (nSPS) is 13.6. The number of amides is 2. The van der Waals surface area contributed by atoms with E-state index in [-0.39, 0.29) is 12.5 Å². The molecule has 0 radical (unpaired) electrons. The van der Waals surface area contributed by atoms with Crippen molar-refractivity contribution in [3.05, 3.63) is 47.8 Å². The zero-order valence-corrected chi connectivity index (χ0v) is 13.9. The smallest absolute Gasteiger partial charge is 0.429 e. The molecule has 2 heterocycles. The van der Waals surface area contributed by atoms with Crippen molar-refractivity contribution in [1.29, 1.82) is 0 Å². The van der Waals surface area contributed by atoms with Crippen molar-refractivity contribution in [2.45, 2.75) is 13.3 Å². The molecule has 0 N–H and O–H groups in total. The number of aromatic nitrogens is 2. The zero-order valence-electron chi connectivity index (χ0n) is 13.9. The monoisotopic (exact) mass is 338 g/mol. The lowest BCUT2D eigenvalue weighted by molar-refractivity contribution is 0.0165. The van der Waals surface area contributed by atoms with Gasteiger partial charge in [-0.3, -0.25) is 4.79 Å². The molecule has 0 spiro atoms. The molecular weight excluding hydrogens is 320 g/mol. The Morgan fingerprint density at radius 2 is 1.96 bits per heavy atom. The molecule has 0 saturated carbocycles. The minimum absolute atomic E-state index is 0.123. The fourth-order valence-corrected chi connectivity index (χ4v) is 2.78. The topological polar surface area (TPSA) is 67.7 Å². The molecule has 1 fully saturated rings. The van der Waals surface area contributed by atoms with Gasteiger partial charge in [0.25, 0.3) is 5.91 Å². The standard InChI is InChI=1S/C18H18N4O3/c1-3-12-25-18(24)21-11-7-10-20(21)17(23)16-13-19-22(14(16)2)15-8-5-4-6-9-15/h1,4-6,8-9,13H,7,10-12H2,2H3. The second-order valence-corrected chi connectivity index (χ2v) is 5.55. The molecule has 0 bridgehead atoms. The van der Waals surface area contributed by atoms with Crippen LogP contribution in [0.3, 0.4) is 0 Å². The van der Waals surface area contributed by atoms with Crippen LogP contribution >= 0.6 is 0 Å². The Hall–Kier alpha value is -3.27. The number of hydrogen-bond donors (Lipinski definition) is 0. The summed E-state index contributed by atoms with van der Waals surface area (Å²) >= 11 is 0. The minimum Gasteiger partial charge on any atom is -0.435 e. The van der Waals surface area contributed by atoms with Crippen LogP contribution in [0.15, 0.2) is 36.5 Å². The average molecular weight is 338 g/mol. The van der Waals surface area contributed by atoms with Crippen LogP contribution in [-0.2, 0) is 4.74 Å². The molecule has 1 aliphatic heterocycles. The SMILES string of the molecule is C#CCOC(=O)N1CCCN1C(=O)c1cnn(-c2ccccc2)c1C. The fourth-order valence-electron chi connectivity index (χ4n) is 2.78. The van der Waals surface area contributed by atoms with E-state index in [0.29, 0.717) is 30.8 Å². The molecule has 0 unspecified atom stereocenters. The number of carbonyl (C=O) groups is 2. The molecule has 25 heavy (non-hydrogen) atoms. The number of para-hydroxylation sites is 1. The van der Waals surface area contributed by atoms with Crippen LogP contribution < -0.4 is 0 Å². The lowest BCUT2D eigenvalue weighted by Gasteiger charge is -2.26. The number of terminal acetylenes is 1. The molecule has 1 aromatic carbocycles. The Labute approximate surface area is 145 Å². The van der Waals surface area contributed by atoms with Gasteiger partial charge in [0.15, 0.2) is 6.61 Å². The lowest BCUT2D eigenvalue weighted by atomic mass is 10.2. The summed E-state index contributed by atoms with van der Waals surface area (Å²) in [6, 6.07) is 9.54.